The third-order valence-electron chi connectivity index (χ3n) is 6.08. The first-order valence-corrected chi connectivity index (χ1v) is 13.1. The van der Waals surface area contributed by atoms with Gasteiger partial charge in [-0.25, -0.2) is 9.37 Å². The number of hydrogen-bond acceptors (Lipinski definition) is 5. The van der Waals surface area contributed by atoms with Gasteiger partial charge in [0.15, 0.2) is 10.9 Å². The number of rotatable bonds is 8. The lowest BCUT2D eigenvalue weighted by Crippen LogP contribution is -2.27. The predicted octanol–water partition coefficient (Wildman–Crippen LogP) is 5.37. The van der Waals surface area contributed by atoms with Gasteiger partial charge in [-0.2, -0.15) is 0 Å². The number of aromatic nitrogens is 3. The van der Waals surface area contributed by atoms with Crippen molar-refractivity contribution in [2.75, 3.05) is 12.3 Å². The zero-order valence-corrected chi connectivity index (χ0v) is 21.6. The molecule has 0 saturated carbocycles. The minimum Gasteiger partial charge on any atom is -0.360 e. The molecule has 7 nitrogen and oxygen atoms in total. The third kappa shape index (κ3) is 5.10. The molecular weight excluding hydrogens is 503 g/mol. The third-order valence-corrected chi connectivity index (χ3v) is 7.02. The van der Waals surface area contributed by atoms with E-state index in [9.17, 15) is 18.8 Å². The molecule has 9 heteroatoms. The van der Waals surface area contributed by atoms with E-state index in [0.717, 1.165) is 22.7 Å². The number of fused-ring (bicyclic) bond motifs is 2. The van der Waals surface area contributed by atoms with E-state index in [2.05, 4.69) is 15.3 Å². The topological polar surface area (TPSA) is 96.9 Å². The van der Waals surface area contributed by atoms with Crippen molar-refractivity contribution in [2.24, 2.45) is 5.92 Å². The van der Waals surface area contributed by atoms with Crippen molar-refractivity contribution in [3.05, 3.63) is 100 Å². The molecule has 3 aromatic carbocycles. The number of ketones is 1. The maximum absolute atomic E-state index is 13.6. The minimum atomic E-state index is -0.434. The summed E-state index contributed by atoms with van der Waals surface area (Å²) < 4.78 is 15.0. The summed E-state index contributed by atoms with van der Waals surface area (Å²) >= 11 is 1.11. The molecule has 0 aliphatic carbocycles. The summed E-state index contributed by atoms with van der Waals surface area (Å²) in [6.07, 6.45) is 1.68. The number of nitrogens with zero attached hydrogens (tertiary/aromatic N) is 2. The van der Waals surface area contributed by atoms with E-state index < -0.39 is 5.82 Å². The van der Waals surface area contributed by atoms with Crippen molar-refractivity contribution >= 4 is 45.3 Å². The summed E-state index contributed by atoms with van der Waals surface area (Å²) in [5, 5.41) is 4.26. The molecule has 0 aliphatic heterocycles. The van der Waals surface area contributed by atoms with Crippen molar-refractivity contribution in [2.45, 2.75) is 19.0 Å². The van der Waals surface area contributed by atoms with Crippen LogP contribution in [0, 0.1) is 11.7 Å². The maximum Gasteiger partial charge on any atom is 0.266 e. The zero-order chi connectivity index (χ0) is 26.8. The van der Waals surface area contributed by atoms with Gasteiger partial charge in [0, 0.05) is 34.8 Å². The Morgan fingerprint density at radius 2 is 1.82 bits per heavy atom. The van der Waals surface area contributed by atoms with Crippen LogP contribution in [0.3, 0.4) is 0 Å². The molecule has 0 unspecified atom stereocenters. The zero-order valence-electron chi connectivity index (χ0n) is 20.8. The van der Waals surface area contributed by atoms with Crippen molar-refractivity contribution in [1.29, 1.82) is 0 Å². The fourth-order valence-corrected chi connectivity index (χ4v) is 5.03. The van der Waals surface area contributed by atoms with Crippen LogP contribution in [0.2, 0.25) is 0 Å². The second kappa shape index (κ2) is 10.6. The number of H-pyrrole nitrogens is 1. The Morgan fingerprint density at radius 1 is 1.05 bits per heavy atom. The number of thioether (sulfide) groups is 1. The van der Waals surface area contributed by atoms with Crippen LogP contribution in [0.25, 0.3) is 27.5 Å². The smallest absolute Gasteiger partial charge is 0.266 e. The van der Waals surface area contributed by atoms with Gasteiger partial charge in [-0.05, 0) is 54.4 Å². The number of Topliss-reactive ketones (excluding diaryl/α,β-unsaturated/α-hetero) is 1. The first-order chi connectivity index (χ1) is 18.3. The van der Waals surface area contributed by atoms with Gasteiger partial charge in [0.25, 0.3) is 11.5 Å². The highest BCUT2D eigenvalue weighted by molar-refractivity contribution is 7.99. The lowest BCUT2D eigenvalue weighted by atomic mass is 10.1. The number of carbonyl (C=O) groups is 2. The van der Waals surface area contributed by atoms with E-state index >= 15 is 0 Å². The Morgan fingerprint density at radius 3 is 2.58 bits per heavy atom. The summed E-state index contributed by atoms with van der Waals surface area (Å²) in [5.74, 6) is -0.507. The van der Waals surface area contributed by atoms with E-state index in [-0.39, 0.29) is 34.1 Å². The highest BCUT2D eigenvalue weighted by Crippen LogP contribution is 2.25. The molecule has 5 aromatic rings. The minimum absolute atomic E-state index is 0.0234. The first kappa shape index (κ1) is 25.4. The first-order valence-electron chi connectivity index (χ1n) is 12.1. The summed E-state index contributed by atoms with van der Waals surface area (Å²) in [5.41, 5.74) is 2.18. The SMILES string of the molecule is CC(C)CNC(=O)c1ccc2c(=O)n(-c3ccc(F)cc3)c(SCC(=O)c3c[nH]c4ccccc34)nc2c1. The molecule has 2 aromatic heterocycles. The Labute approximate surface area is 222 Å². The van der Waals surface area contributed by atoms with Crippen molar-refractivity contribution < 1.29 is 14.0 Å². The van der Waals surface area contributed by atoms with Crippen LogP contribution < -0.4 is 10.9 Å². The second-order valence-corrected chi connectivity index (χ2v) is 10.2. The largest absolute Gasteiger partial charge is 0.360 e. The maximum atomic E-state index is 13.6. The standard InChI is InChI=1S/C29H25FN4O3S/c1-17(2)14-32-27(36)18-7-12-22-25(13-18)33-29(34(28(22)37)20-10-8-19(30)9-11-20)38-16-26(35)23-15-31-24-6-4-3-5-21(23)24/h3-13,15,17,31H,14,16H2,1-2H3,(H,32,36). The number of halogens is 1. The lowest BCUT2D eigenvalue weighted by Gasteiger charge is -2.14. The van der Waals surface area contributed by atoms with Gasteiger partial charge in [0.2, 0.25) is 0 Å². The molecule has 2 heterocycles. The van der Waals surface area contributed by atoms with Crippen LogP contribution in [0.15, 0.2) is 82.9 Å². The van der Waals surface area contributed by atoms with Crippen LogP contribution >= 0.6 is 11.8 Å². The molecule has 0 spiro atoms. The molecule has 38 heavy (non-hydrogen) atoms. The van der Waals surface area contributed by atoms with Crippen LogP contribution in [0.5, 0.6) is 0 Å². The van der Waals surface area contributed by atoms with Gasteiger partial charge >= 0.3 is 0 Å². The fraction of sp³-hybridized carbons (Fsp3) is 0.172. The number of para-hydroxylation sites is 1. The fourth-order valence-electron chi connectivity index (χ4n) is 4.13. The Kier molecular flexibility index (Phi) is 7.11. The van der Waals surface area contributed by atoms with Crippen LogP contribution in [-0.2, 0) is 0 Å². The van der Waals surface area contributed by atoms with Gasteiger partial charge in [-0.1, -0.05) is 43.8 Å². The monoisotopic (exact) mass is 528 g/mol. The van der Waals surface area contributed by atoms with Crippen molar-refractivity contribution in [3.63, 3.8) is 0 Å². The highest BCUT2D eigenvalue weighted by atomic mass is 32.2. The molecule has 5 rings (SSSR count). The van der Waals surface area contributed by atoms with Gasteiger partial charge in [-0.15, -0.1) is 0 Å². The van der Waals surface area contributed by atoms with Crippen LogP contribution in [0.4, 0.5) is 4.39 Å². The second-order valence-electron chi connectivity index (χ2n) is 9.31. The number of amides is 1. The van der Waals surface area contributed by atoms with E-state index in [1.165, 1.54) is 28.8 Å². The Balaban J connectivity index is 1.54. The van der Waals surface area contributed by atoms with Gasteiger partial charge in [-0.3, -0.25) is 19.0 Å². The van der Waals surface area contributed by atoms with E-state index in [0.29, 0.717) is 34.3 Å². The van der Waals surface area contributed by atoms with Crippen LogP contribution in [0.1, 0.15) is 34.6 Å². The van der Waals surface area contributed by atoms with E-state index in [1.807, 2.05) is 38.1 Å². The van der Waals surface area contributed by atoms with Crippen molar-refractivity contribution in [1.82, 2.24) is 19.9 Å². The summed E-state index contributed by atoms with van der Waals surface area (Å²) in [6, 6.07) is 17.8. The van der Waals surface area contributed by atoms with Crippen molar-refractivity contribution in [3.8, 4) is 5.69 Å². The number of benzene rings is 3. The summed E-state index contributed by atoms with van der Waals surface area (Å²) in [6.45, 7) is 4.52. The molecule has 0 atom stereocenters. The lowest BCUT2D eigenvalue weighted by molar-refractivity contribution is 0.0948. The molecule has 0 aliphatic rings. The number of hydrogen-bond donors (Lipinski definition) is 2. The quantitative estimate of drug-likeness (QED) is 0.160. The predicted molar refractivity (Wildman–Crippen MR) is 148 cm³/mol. The normalized spacial score (nSPS) is 11.4. The van der Waals surface area contributed by atoms with E-state index in [1.54, 1.807) is 24.4 Å². The molecule has 192 valence electrons. The molecule has 0 fully saturated rings. The van der Waals surface area contributed by atoms with E-state index in [4.69, 9.17) is 0 Å². The van der Waals surface area contributed by atoms with Gasteiger partial charge < -0.3 is 10.3 Å². The Bertz CT molecular complexity index is 1720. The number of carbonyl (C=O) groups excluding carboxylic acids is 2. The summed E-state index contributed by atoms with van der Waals surface area (Å²) in [7, 11) is 0. The molecule has 1 amide bonds. The van der Waals surface area contributed by atoms with Crippen LogP contribution in [-0.4, -0.2) is 38.5 Å². The molecule has 0 bridgehead atoms. The molecular formula is C29H25FN4O3S. The Hall–Kier alpha value is -4.24. The van der Waals surface area contributed by atoms with Gasteiger partial charge in [0.05, 0.1) is 22.3 Å². The summed E-state index contributed by atoms with van der Waals surface area (Å²) in [4.78, 5) is 47.2. The average Bonchev–Trinajstić information content (AvgIpc) is 3.35. The number of nitrogens with one attached hydrogen (secondary N) is 2. The highest BCUT2D eigenvalue weighted by Gasteiger charge is 2.18. The average molecular weight is 529 g/mol. The number of aromatic amines is 1. The van der Waals surface area contributed by atoms with Gasteiger partial charge in [0.1, 0.15) is 5.82 Å². The molecule has 2 N–H and O–H groups in total. The molecule has 0 saturated heterocycles. The molecule has 0 radical (unpaired) electrons.